The summed E-state index contributed by atoms with van der Waals surface area (Å²) in [7, 11) is -3.16. The molecule has 0 amide bonds. The highest BCUT2D eigenvalue weighted by Gasteiger charge is 2.25. The molecule has 0 spiro atoms. The van der Waals surface area contributed by atoms with Crippen molar-refractivity contribution in [3.63, 3.8) is 0 Å². The highest BCUT2D eigenvalue weighted by atomic mass is 32.2. The van der Waals surface area contributed by atoms with Gasteiger partial charge in [-0.3, -0.25) is 0 Å². The maximum atomic E-state index is 11.7. The summed E-state index contributed by atoms with van der Waals surface area (Å²) in [5.41, 5.74) is 1.80. The Labute approximate surface area is 94.3 Å². The largest absolute Gasteiger partial charge is 0.219 e. The summed E-state index contributed by atoms with van der Waals surface area (Å²) in [5, 5.41) is 1.40. The molecule has 1 aliphatic heterocycles. The third kappa shape index (κ3) is 1.96. The Bertz CT molecular complexity index is 501. The fourth-order valence-electron chi connectivity index (χ4n) is 1.62. The minimum absolute atomic E-state index is 0.455. The number of benzene rings is 1. The monoisotopic (exact) mass is 240 g/mol. The Balaban J connectivity index is 2.44. The van der Waals surface area contributed by atoms with Crippen molar-refractivity contribution >= 4 is 27.2 Å². The van der Waals surface area contributed by atoms with Gasteiger partial charge in [0.15, 0.2) is 0 Å². The smallest absolute Gasteiger partial charge is 0.200 e. The van der Waals surface area contributed by atoms with Gasteiger partial charge in [0, 0.05) is 11.2 Å². The van der Waals surface area contributed by atoms with E-state index in [1.54, 1.807) is 23.9 Å². The molecule has 4 heteroatoms. The average Bonchev–Trinajstić information content (AvgIpc) is 2.49. The molecule has 1 aromatic rings. The Morgan fingerprint density at radius 2 is 2.00 bits per heavy atom. The van der Waals surface area contributed by atoms with Crippen LogP contribution in [0.4, 0.5) is 0 Å². The second-order valence-electron chi connectivity index (χ2n) is 3.32. The standard InChI is InChI=1S/C11H12O2S2/c1-2-14-7-9-8-15(12,13)11-6-4-3-5-10(9)11/h3-6,8H,2,7H2,1H3. The molecule has 80 valence electrons. The summed E-state index contributed by atoms with van der Waals surface area (Å²) in [6, 6.07) is 7.19. The number of fused-ring (bicyclic) bond motifs is 1. The first-order valence-electron chi connectivity index (χ1n) is 4.78. The van der Waals surface area contributed by atoms with Gasteiger partial charge in [-0.1, -0.05) is 25.1 Å². The minimum Gasteiger partial charge on any atom is -0.219 e. The van der Waals surface area contributed by atoms with Crippen molar-refractivity contribution in [2.24, 2.45) is 0 Å². The lowest BCUT2D eigenvalue weighted by Gasteiger charge is -2.02. The third-order valence-corrected chi connectivity index (χ3v) is 4.79. The first-order chi connectivity index (χ1) is 7.15. The summed E-state index contributed by atoms with van der Waals surface area (Å²) < 4.78 is 23.5. The van der Waals surface area contributed by atoms with Crippen molar-refractivity contribution < 1.29 is 8.42 Å². The molecule has 0 aliphatic carbocycles. The van der Waals surface area contributed by atoms with Crippen molar-refractivity contribution in [2.45, 2.75) is 11.8 Å². The molecular weight excluding hydrogens is 228 g/mol. The molecule has 0 N–H and O–H groups in total. The van der Waals surface area contributed by atoms with E-state index in [0.29, 0.717) is 4.90 Å². The molecule has 0 aromatic heterocycles. The fraction of sp³-hybridized carbons (Fsp3) is 0.273. The molecule has 1 aliphatic rings. The van der Waals surface area contributed by atoms with Gasteiger partial charge in [-0.15, -0.1) is 0 Å². The van der Waals surface area contributed by atoms with E-state index in [1.807, 2.05) is 12.1 Å². The van der Waals surface area contributed by atoms with Gasteiger partial charge in [0.05, 0.1) is 4.90 Å². The zero-order valence-electron chi connectivity index (χ0n) is 8.43. The Morgan fingerprint density at radius 3 is 2.73 bits per heavy atom. The van der Waals surface area contributed by atoms with E-state index in [9.17, 15) is 8.42 Å². The van der Waals surface area contributed by atoms with E-state index in [4.69, 9.17) is 0 Å². The lowest BCUT2D eigenvalue weighted by molar-refractivity contribution is 0.605. The van der Waals surface area contributed by atoms with Crippen molar-refractivity contribution in [1.82, 2.24) is 0 Å². The molecule has 2 rings (SSSR count). The van der Waals surface area contributed by atoms with Gasteiger partial charge in [0.1, 0.15) is 0 Å². The van der Waals surface area contributed by atoms with Crippen LogP contribution in [-0.2, 0) is 9.84 Å². The lowest BCUT2D eigenvalue weighted by atomic mass is 10.1. The van der Waals surface area contributed by atoms with Crippen LogP contribution in [0, 0.1) is 0 Å². The second-order valence-corrected chi connectivity index (χ2v) is 6.36. The zero-order chi connectivity index (χ0) is 10.9. The van der Waals surface area contributed by atoms with Crippen LogP contribution in [0.25, 0.3) is 5.57 Å². The normalized spacial score (nSPS) is 17.3. The molecule has 1 heterocycles. The van der Waals surface area contributed by atoms with E-state index in [1.165, 1.54) is 5.41 Å². The first kappa shape index (κ1) is 10.8. The number of hydrogen-bond acceptors (Lipinski definition) is 3. The van der Waals surface area contributed by atoms with E-state index >= 15 is 0 Å². The zero-order valence-corrected chi connectivity index (χ0v) is 10.1. The first-order valence-corrected chi connectivity index (χ1v) is 7.48. The average molecular weight is 240 g/mol. The van der Waals surface area contributed by atoms with Crippen LogP contribution in [0.3, 0.4) is 0 Å². The van der Waals surface area contributed by atoms with Gasteiger partial charge in [0.2, 0.25) is 9.84 Å². The summed E-state index contributed by atoms with van der Waals surface area (Å²) in [6.45, 7) is 2.07. The summed E-state index contributed by atoms with van der Waals surface area (Å²) in [4.78, 5) is 0.455. The fourth-order valence-corrected chi connectivity index (χ4v) is 3.87. The summed E-state index contributed by atoms with van der Waals surface area (Å²) in [5.74, 6) is 1.77. The molecule has 1 aromatic carbocycles. The maximum absolute atomic E-state index is 11.7. The lowest BCUT2D eigenvalue weighted by Crippen LogP contribution is -1.92. The van der Waals surface area contributed by atoms with Crippen LogP contribution in [0.2, 0.25) is 0 Å². The predicted octanol–water partition coefficient (Wildman–Crippen LogP) is 2.57. The number of thioether (sulfide) groups is 1. The predicted molar refractivity (Wildman–Crippen MR) is 64.6 cm³/mol. The minimum atomic E-state index is -3.16. The maximum Gasteiger partial charge on any atom is 0.200 e. The molecule has 0 saturated carbocycles. The highest BCUT2D eigenvalue weighted by Crippen LogP contribution is 2.34. The Morgan fingerprint density at radius 1 is 1.27 bits per heavy atom. The van der Waals surface area contributed by atoms with Gasteiger partial charge >= 0.3 is 0 Å². The molecule has 0 atom stereocenters. The van der Waals surface area contributed by atoms with Crippen LogP contribution in [0.5, 0.6) is 0 Å². The molecule has 0 radical (unpaired) electrons. The Hall–Kier alpha value is -0.740. The van der Waals surface area contributed by atoms with E-state index < -0.39 is 9.84 Å². The van der Waals surface area contributed by atoms with E-state index in [2.05, 4.69) is 6.92 Å². The SMILES string of the molecule is CCSCC1=CS(=O)(=O)c2ccccc21. The molecular formula is C11H12O2S2. The van der Waals surface area contributed by atoms with E-state index in [-0.39, 0.29) is 0 Å². The molecule has 15 heavy (non-hydrogen) atoms. The molecule has 0 unspecified atom stereocenters. The Kier molecular flexibility index (Phi) is 2.89. The highest BCUT2D eigenvalue weighted by molar-refractivity contribution is 8.00. The van der Waals surface area contributed by atoms with Gasteiger partial charge < -0.3 is 0 Å². The van der Waals surface area contributed by atoms with Crippen LogP contribution in [0.15, 0.2) is 34.6 Å². The van der Waals surface area contributed by atoms with Crippen molar-refractivity contribution in [1.29, 1.82) is 0 Å². The molecule has 0 bridgehead atoms. The van der Waals surface area contributed by atoms with Crippen molar-refractivity contribution in [2.75, 3.05) is 11.5 Å². The van der Waals surface area contributed by atoms with Crippen LogP contribution in [0.1, 0.15) is 12.5 Å². The summed E-state index contributed by atoms with van der Waals surface area (Å²) >= 11 is 1.74. The van der Waals surface area contributed by atoms with Gasteiger partial charge in [-0.25, -0.2) is 8.42 Å². The number of hydrogen-bond donors (Lipinski definition) is 0. The van der Waals surface area contributed by atoms with Gasteiger partial charge in [-0.2, -0.15) is 11.8 Å². The van der Waals surface area contributed by atoms with Gasteiger partial charge in [-0.05, 0) is 23.0 Å². The third-order valence-electron chi connectivity index (χ3n) is 2.30. The summed E-state index contributed by atoms with van der Waals surface area (Å²) in [6.07, 6.45) is 0. The van der Waals surface area contributed by atoms with Crippen molar-refractivity contribution in [3.05, 3.63) is 35.2 Å². The van der Waals surface area contributed by atoms with E-state index in [0.717, 1.165) is 22.6 Å². The quantitative estimate of drug-likeness (QED) is 0.814. The van der Waals surface area contributed by atoms with Crippen LogP contribution >= 0.6 is 11.8 Å². The van der Waals surface area contributed by atoms with Crippen molar-refractivity contribution in [3.8, 4) is 0 Å². The molecule has 0 fully saturated rings. The topological polar surface area (TPSA) is 34.1 Å². The molecule has 2 nitrogen and oxygen atoms in total. The number of sulfone groups is 1. The molecule has 0 saturated heterocycles. The van der Waals surface area contributed by atoms with Gasteiger partial charge in [0.25, 0.3) is 0 Å². The second kappa shape index (κ2) is 4.02. The van der Waals surface area contributed by atoms with Crippen LogP contribution < -0.4 is 0 Å². The number of rotatable bonds is 3. The van der Waals surface area contributed by atoms with Crippen LogP contribution in [-0.4, -0.2) is 19.9 Å².